The summed E-state index contributed by atoms with van der Waals surface area (Å²) in [5.41, 5.74) is 0.898. The van der Waals surface area contributed by atoms with Crippen molar-refractivity contribution >= 4 is 0 Å². The van der Waals surface area contributed by atoms with E-state index < -0.39 is 12.6 Å². The van der Waals surface area contributed by atoms with E-state index in [1.807, 2.05) is 25.1 Å². The zero-order valence-electron chi connectivity index (χ0n) is 9.80. The molecule has 1 rings (SSSR count). The van der Waals surface area contributed by atoms with Crippen LogP contribution in [0.2, 0.25) is 0 Å². The van der Waals surface area contributed by atoms with Crippen LogP contribution in [-0.2, 0) is 6.54 Å². The van der Waals surface area contributed by atoms with Crippen molar-refractivity contribution in [2.45, 2.75) is 44.9 Å². The van der Waals surface area contributed by atoms with Gasteiger partial charge in [-0.05, 0) is 31.9 Å². The smallest absolute Gasteiger partial charge is 0.309 e. The van der Waals surface area contributed by atoms with E-state index in [-0.39, 0.29) is 12.5 Å². The Balaban J connectivity index is 2.15. The molecule has 17 heavy (non-hydrogen) atoms. The molecule has 0 saturated heterocycles. The number of rotatable bonds is 6. The Hall–Kier alpha value is -1.10. The van der Waals surface area contributed by atoms with Gasteiger partial charge in [-0.3, -0.25) is 4.98 Å². The van der Waals surface area contributed by atoms with Gasteiger partial charge < -0.3 is 5.32 Å². The first kappa shape index (κ1) is 14.0. The van der Waals surface area contributed by atoms with Gasteiger partial charge in [0.2, 0.25) is 0 Å². The maximum absolute atomic E-state index is 11.9. The molecule has 0 aliphatic carbocycles. The Labute approximate surface area is 99.3 Å². The molecule has 0 radical (unpaired) electrons. The first-order valence-corrected chi connectivity index (χ1v) is 5.67. The molecule has 1 heterocycles. The maximum Gasteiger partial charge on any atom is 0.389 e. The van der Waals surface area contributed by atoms with Crippen LogP contribution in [0.4, 0.5) is 13.2 Å². The van der Waals surface area contributed by atoms with Crippen molar-refractivity contribution in [3.8, 4) is 0 Å². The number of hydrogen-bond acceptors (Lipinski definition) is 2. The van der Waals surface area contributed by atoms with Crippen molar-refractivity contribution in [3.63, 3.8) is 0 Å². The fourth-order valence-corrected chi connectivity index (χ4v) is 1.49. The highest BCUT2D eigenvalue weighted by Crippen LogP contribution is 2.22. The SMILES string of the molecule is CC(CCCC(F)(F)F)NCc1ccccn1. The summed E-state index contributed by atoms with van der Waals surface area (Å²) in [7, 11) is 0. The molecule has 1 N–H and O–H groups in total. The van der Waals surface area contributed by atoms with Crippen molar-refractivity contribution in [2.75, 3.05) is 0 Å². The minimum Gasteiger partial charge on any atom is -0.309 e. The lowest BCUT2D eigenvalue weighted by molar-refractivity contribution is -0.135. The monoisotopic (exact) mass is 246 g/mol. The number of alkyl halides is 3. The average molecular weight is 246 g/mol. The van der Waals surface area contributed by atoms with Crippen LogP contribution in [0, 0.1) is 0 Å². The molecule has 0 saturated carbocycles. The largest absolute Gasteiger partial charge is 0.389 e. The van der Waals surface area contributed by atoms with E-state index in [9.17, 15) is 13.2 Å². The predicted octanol–water partition coefficient (Wildman–Crippen LogP) is 3.29. The van der Waals surface area contributed by atoms with Gasteiger partial charge in [0.25, 0.3) is 0 Å². The third-order valence-corrected chi connectivity index (χ3v) is 2.46. The molecule has 0 spiro atoms. The normalized spacial score (nSPS) is 13.6. The zero-order valence-corrected chi connectivity index (χ0v) is 9.80. The maximum atomic E-state index is 11.9. The van der Waals surface area contributed by atoms with Gasteiger partial charge in [-0.2, -0.15) is 13.2 Å². The number of pyridine rings is 1. The quantitative estimate of drug-likeness (QED) is 0.833. The molecule has 1 aromatic heterocycles. The summed E-state index contributed by atoms with van der Waals surface area (Å²) in [6.45, 7) is 2.48. The van der Waals surface area contributed by atoms with E-state index in [1.54, 1.807) is 6.20 Å². The number of nitrogens with zero attached hydrogens (tertiary/aromatic N) is 1. The van der Waals surface area contributed by atoms with Crippen LogP contribution < -0.4 is 5.32 Å². The first-order chi connectivity index (χ1) is 7.97. The molecule has 0 bridgehead atoms. The van der Waals surface area contributed by atoms with Gasteiger partial charge in [-0.15, -0.1) is 0 Å². The molecule has 1 unspecified atom stereocenters. The van der Waals surface area contributed by atoms with Gasteiger partial charge in [0.05, 0.1) is 5.69 Å². The summed E-state index contributed by atoms with van der Waals surface area (Å²) in [6.07, 6.45) is -2.36. The fraction of sp³-hybridized carbons (Fsp3) is 0.583. The molecule has 1 aromatic rings. The molecule has 1 atom stereocenters. The molecule has 96 valence electrons. The van der Waals surface area contributed by atoms with E-state index in [0.29, 0.717) is 13.0 Å². The number of hydrogen-bond donors (Lipinski definition) is 1. The van der Waals surface area contributed by atoms with Crippen LogP contribution in [0.15, 0.2) is 24.4 Å². The second kappa shape index (κ2) is 6.59. The van der Waals surface area contributed by atoms with Crippen molar-refractivity contribution in [2.24, 2.45) is 0 Å². The Bertz CT molecular complexity index is 311. The molecular formula is C12H17F3N2. The van der Waals surface area contributed by atoms with E-state index in [4.69, 9.17) is 0 Å². The lowest BCUT2D eigenvalue weighted by Gasteiger charge is -2.14. The Kier molecular flexibility index (Phi) is 5.41. The molecular weight excluding hydrogens is 229 g/mol. The minimum atomic E-state index is -4.04. The van der Waals surface area contributed by atoms with Crippen LogP contribution in [-0.4, -0.2) is 17.2 Å². The van der Waals surface area contributed by atoms with Crippen LogP contribution in [0.5, 0.6) is 0 Å². The molecule has 2 nitrogen and oxygen atoms in total. The summed E-state index contributed by atoms with van der Waals surface area (Å²) >= 11 is 0. The van der Waals surface area contributed by atoms with Crippen LogP contribution in [0.25, 0.3) is 0 Å². The van der Waals surface area contributed by atoms with Crippen molar-refractivity contribution in [3.05, 3.63) is 30.1 Å². The third-order valence-electron chi connectivity index (χ3n) is 2.46. The molecule has 0 amide bonds. The van der Waals surface area contributed by atoms with Gasteiger partial charge in [0.15, 0.2) is 0 Å². The summed E-state index contributed by atoms with van der Waals surface area (Å²) < 4.78 is 35.8. The van der Waals surface area contributed by atoms with E-state index >= 15 is 0 Å². The van der Waals surface area contributed by atoms with Crippen molar-refractivity contribution < 1.29 is 13.2 Å². The molecule has 0 aliphatic rings. The standard InChI is InChI=1S/C12H17F3N2/c1-10(5-4-7-12(13,14)15)17-9-11-6-2-3-8-16-11/h2-3,6,8,10,17H,4-5,7,9H2,1H3. The Morgan fingerprint density at radius 1 is 1.35 bits per heavy atom. The third kappa shape index (κ3) is 6.94. The lowest BCUT2D eigenvalue weighted by Crippen LogP contribution is -2.26. The van der Waals surface area contributed by atoms with Gasteiger partial charge >= 0.3 is 6.18 Å². The van der Waals surface area contributed by atoms with Gasteiger partial charge in [0, 0.05) is 25.2 Å². The van der Waals surface area contributed by atoms with Crippen LogP contribution in [0.3, 0.4) is 0 Å². The van der Waals surface area contributed by atoms with Gasteiger partial charge in [0.1, 0.15) is 0 Å². The number of nitrogens with one attached hydrogen (secondary N) is 1. The van der Waals surface area contributed by atoms with Crippen molar-refractivity contribution in [1.29, 1.82) is 0 Å². The predicted molar refractivity (Wildman–Crippen MR) is 60.4 cm³/mol. The minimum absolute atomic E-state index is 0.0688. The fourth-order valence-electron chi connectivity index (χ4n) is 1.49. The second-order valence-electron chi connectivity index (χ2n) is 4.11. The van der Waals surface area contributed by atoms with Crippen LogP contribution >= 0.6 is 0 Å². The topological polar surface area (TPSA) is 24.9 Å². The summed E-state index contributed by atoms with van der Waals surface area (Å²) in [5.74, 6) is 0. The summed E-state index contributed by atoms with van der Waals surface area (Å²) in [6, 6.07) is 5.67. The molecule has 0 aromatic carbocycles. The Morgan fingerprint density at radius 3 is 2.71 bits per heavy atom. The highest BCUT2D eigenvalue weighted by molar-refractivity contribution is 5.02. The summed E-state index contributed by atoms with van der Waals surface area (Å²) in [4.78, 5) is 4.13. The number of halogens is 3. The number of aromatic nitrogens is 1. The first-order valence-electron chi connectivity index (χ1n) is 5.67. The average Bonchev–Trinajstić information content (AvgIpc) is 2.26. The van der Waals surface area contributed by atoms with Crippen LogP contribution in [0.1, 0.15) is 31.9 Å². The van der Waals surface area contributed by atoms with Gasteiger partial charge in [-0.1, -0.05) is 6.07 Å². The van der Waals surface area contributed by atoms with E-state index in [1.165, 1.54) is 0 Å². The Morgan fingerprint density at radius 2 is 2.12 bits per heavy atom. The second-order valence-corrected chi connectivity index (χ2v) is 4.11. The lowest BCUT2D eigenvalue weighted by atomic mass is 10.1. The van der Waals surface area contributed by atoms with E-state index in [2.05, 4.69) is 10.3 Å². The van der Waals surface area contributed by atoms with E-state index in [0.717, 1.165) is 5.69 Å². The van der Waals surface area contributed by atoms with Gasteiger partial charge in [-0.25, -0.2) is 0 Å². The molecule has 5 heteroatoms. The highest BCUT2D eigenvalue weighted by Gasteiger charge is 2.26. The zero-order chi connectivity index (χ0) is 12.7. The molecule has 0 aliphatic heterocycles. The van der Waals surface area contributed by atoms with Crippen molar-refractivity contribution in [1.82, 2.24) is 10.3 Å². The summed E-state index contributed by atoms with van der Waals surface area (Å²) in [5, 5.41) is 3.16. The molecule has 0 fully saturated rings. The highest BCUT2D eigenvalue weighted by atomic mass is 19.4.